The SMILES string of the molecule is Cc1nn(C(C)(C)C)cc1-c1nn(C)cc1CNC(C)C. The molecule has 2 heterocycles. The van der Waals surface area contributed by atoms with E-state index in [4.69, 9.17) is 0 Å². The van der Waals surface area contributed by atoms with Crippen molar-refractivity contribution in [2.45, 2.75) is 59.7 Å². The first-order valence-electron chi connectivity index (χ1n) is 7.51. The fourth-order valence-electron chi connectivity index (χ4n) is 2.24. The number of hydrogen-bond acceptors (Lipinski definition) is 3. The van der Waals surface area contributed by atoms with Crippen LogP contribution in [0.1, 0.15) is 45.9 Å². The van der Waals surface area contributed by atoms with Gasteiger partial charge in [0.15, 0.2) is 0 Å². The Kier molecular flexibility index (Phi) is 4.23. The Hall–Kier alpha value is -1.62. The van der Waals surface area contributed by atoms with Crippen LogP contribution in [0.3, 0.4) is 0 Å². The first-order chi connectivity index (χ1) is 9.68. The first-order valence-corrected chi connectivity index (χ1v) is 7.51. The average molecular weight is 289 g/mol. The van der Waals surface area contributed by atoms with E-state index in [0.29, 0.717) is 6.04 Å². The summed E-state index contributed by atoms with van der Waals surface area (Å²) < 4.78 is 3.90. The smallest absolute Gasteiger partial charge is 0.100 e. The number of nitrogens with one attached hydrogen (secondary N) is 1. The Labute approximate surface area is 127 Å². The van der Waals surface area contributed by atoms with E-state index in [1.54, 1.807) is 0 Å². The molecule has 0 atom stereocenters. The maximum atomic E-state index is 4.65. The molecule has 116 valence electrons. The summed E-state index contributed by atoms with van der Waals surface area (Å²) in [6.45, 7) is 13.6. The molecule has 2 aromatic rings. The maximum absolute atomic E-state index is 4.65. The molecule has 2 rings (SSSR count). The average Bonchev–Trinajstić information content (AvgIpc) is 2.89. The van der Waals surface area contributed by atoms with Gasteiger partial charge in [0.2, 0.25) is 0 Å². The lowest BCUT2D eigenvalue weighted by Crippen LogP contribution is -2.22. The van der Waals surface area contributed by atoms with E-state index in [1.807, 2.05) is 23.3 Å². The van der Waals surface area contributed by atoms with Gasteiger partial charge in [0, 0.05) is 43.2 Å². The predicted molar refractivity (Wildman–Crippen MR) is 86.1 cm³/mol. The minimum absolute atomic E-state index is 0.0197. The quantitative estimate of drug-likeness (QED) is 0.941. The van der Waals surface area contributed by atoms with Crippen LogP contribution in [0.2, 0.25) is 0 Å². The van der Waals surface area contributed by atoms with Crippen molar-refractivity contribution in [1.29, 1.82) is 0 Å². The summed E-state index contributed by atoms with van der Waals surface area (Å²) in [7, 11) is 1.96. The van der Waals surface area contributed by atoms with Crippen molar-refractivity contribution in [1.82, 2.24) is 24.9 Å². The van der Waals surface area contributed by atoms with Crippen molar-refractivity contribution in [3.63, 3.8) is 0 Å². The second kappa shape index (κ2) is 5.64. The molecule has 0 radical (unpaired) electrons. The topological polar surface area (TPSA) is 47.7 Å². The maximum Gasteiger partial charge on any atom is 0.100 e. The van der Waals surface area contributed by atoms with Crippen LogP contribution in [0.25, 0.3) is 11.3 Å². The first kappa shape index (κ1) is 15.8. The summed E-state index contributed by atoms with van der Waals surface area (Å²) in [5.41, 5.74) is 4.36. The molecule has 0 fully saturated rings. The molecule has 0 aliphatic heterocycles. The number of rotatable bonds is 4. The molecule has 21 heavy (non-hydrogen) atoms. The zero-order chi connectivity index (χ0) is 15.8. The van der Waals surface area contributed by atoms with Crippen LogP contribution < -0.4 is 5.32 Å². The molecule has 0 saturated carbocycles. The summed E-state index contributed by atoms with van der Waals surface area (Å²) in [5, 5.41) is 12.8. The van der Waals surface area contributed by atoms with Gasteiger partial charge in [-0.2, -0.15) is 10.2 Å². The number of aryl methyl sites for hydroxylation is 2. The van der Waals surface area contributed by atoms with Crippen LogP contribution in [0, 0.1) is 6.92 Å². The summed E-state index contributed by atoms with van der Waals surface area (Å²) in [6, 6.07) is 0.455. The van der Waals surface area contributed by atoms with Gasteiger partial charge < -0.3 is 5.32 Å². The molecule has 5 heteroatoms. The highest BCUT2D eigenvalue weighted by atomic mass is 15.3. The molecule has 5 nitrogen and oxygen atoms in total. The van der Waals surface area contributed by atoms with Gasteiger partial charge in [-0.25, -0.2) is 0 Å². The van der Waals surface area contributed by atoms with Crippen LogP contribution in [0.15, 0.2) is 12.4 Å². The lowest BCUT2D eigenvalue weighted by atomic mass is 10.1. The van der Waals surface area contributed by atoms with E-state index in [1.165, 1.54) is 5.56 Å². The molecule has 0 aromatic carbocycles. The van der Waals surface area contributed by atoms with Crippen LogP contribution in [0.4, 0.5) is 0 Å². The molecular formula is C16H27N5. The van der Waals surface area contributed by atoms with Gasteiger partial charge in [-0.15, -0.1) is 0 Å². The number of hydrogen-bond donors (Lipinski definition) is 1. The minimum Gasteiger partial charge on any atom is -0.310 e. The van der Waals surface area contributed by atoms with Crippen LogP contribution in [-0.4, -0.2) is 25.6 Å². The van der Waals surface area contributed by atoms with Crippen LogP contribution in [0.5, 0.6) is 0 Å². The highest BCUT2D eigenvalue weighted by Crippen LogP contribution is 2.27. The van der Waals surface area contributed by atoms with Crippen molar-refractivity contribution < 1.29 is 0 Å². The molecule has 0 amide bonds. The lowest BCUT2D eigenvalue weighted by molar-refractivity contribution is 0.354. The van der Waals surface area contributed by atoms with Gasteiger partial charge in [-0.05, 0) is 27.7 Å². The Morgan fingerprint density at radius 1 is 1.19 bits per heavy atom. The molecular weight excluding hydrogens is 262 g/mol. The van der Waals surface area contributed by atoms with E-state index in [2.05, 4.69) is 62.5 Å². The fourth-order valence-corrected chi connectivity index (χ4v) is 2.24. The largest absolute Gasteiger partial charge is 0.310 e. The summed E-state index contributed by atoms with van der Waals surface area (Å²) in [6.07, 6.45) is 4.19. The third-order valence-corrected chi connectivity index (χ3v) is 3.45. The third-order valence-electron chi connectivity index (χ3n) is 3.45. The minimum atomic E-state index is -0.0197. The highest BCUT2D eigenvalue weighted by Gasteiger charge is 2.20. The van der Waals surface area contributed by atoms with Gasteiger partial charge in [0.1, 0.15) is 5.69 Å². The molecule has 1 N–H and O–H groups in total. The Morgan fingerprint density at radius 2 is 1.86 bits per heavy atom. The molecule has 0 saturated heterocycles. The van der Waals surface area contributed by atoms with E-state index in [-0.39, 0.29) is 5.54 Å². The van der Waals surface area contributed by atoms with E-state index >= 15 is 0 Å². The highest BCUT2D eigenvalue weighted by molar-refractivity contribution is 5.64. The van der Waals surface area contributed by atoms with Crippen LogP contribution in [-0.2, 0) is 19.1 Å². The van der Waals surface area contributed by atoms with Gasteiger partial charge in [-0.1, -0.05) is 13.8 Å². The third kappa shape index (κ3) is 3.53. The second-order valence-corrected chi connectivity index (χ2v) is 6.96. The Morgan fingerprint density at radius 3 is 2.38 bits per heavy atom. The molecule has 0 unspecified atom stereocenters. The van der Waals surface area contributed by atoms with Gasteiger partial charge in [0.05, 0.1) is 11.2 Å². The monoisotopic (exact) mass is 289 g/mol. The number of aromatic nitrogens is 4. The van der Waals surface area contributed by atoms with Gasteiger partial charge in [0.25, 0.3) is 0 Å². The van der Waals surface area contributed by atoms with Crippen molar-refractivity contribution in [2.75, 3.05) is 0 Å². The standard InChI is InChI=1S/C16H27N5/c1-11(2)17-8-13-9-20(7)19-15(13)14-10-21(16(4,5)6)18-12(14)3/h9-11,17H,8H2,1-7H3. The van der Waals surface area contributed by atoms with Crippen molar-refractivity contribution in [3.8, 4) is 11.3 Å². The van der Waals surface area contributed by atoms with Crippen molar-refractivity contribution >= 4 is 0 Å². The Balaban J connectivity index is 2.40. The molecule has 0 bridgehead atoms. The Bertz CT molecular complexity index is 613. The summed E-state index contributed by atoms with van der Waals surface area (Å²) in [5.74, 6) is 0. The zero-order valence-corrected chi connectivity index (χ0v) is 14.2. The zero-order valence-electron chi connectivity index (χ0n) is 14.2. The van der Waals surface area contributed by atoms with E-state index in [0.717, 1.165) is 23.5 Å². The molecule has 0 spiro atoms. The van der Waals surface area contributed by atoms with Crippen molar-refractivity contribution in [3.05, 3.63) is 23.7 Å². The predicted octanol–water partition coefficient (Wildman–Crippen LogP) is 2.85. The van der Waals surface area contributed by atoms with E-state index < -0.39 is 0 Å². The summed E-state index contributed by atoms with van der Waals surface area (Å²) >= 11 is 0. The molecule has 0 aliphatic rings. The lowest BCUT2D eigenvalue weighted by Gasteiger charge is -2.18. The van der Waals surface area contributed by atoms with E-state index in [9.17, 15) is 0 Å². The fraction of sp³-hybridized carbons (Fsp3) is 0.625. The molecule has 0 aliphatic carbocycles. The van der Waals surface area contributed by atoms with Crippen LogP contribution >= 0.6 is 0 Å². The second-order valence-electron chi connectivity index (χ2n) is 6.96. The summed E-state index contributed by atoms with van der Waals surface area (Å²) in [4.78, 5) is 0. The normalized spacial score (nSPS) is 12.4. The number of nitrogens with zero attached hydrogens (tertiary/aromatic N) is 4. The van der Waals surface area contributed by atoms with Gasteiger partial charge >= 0.3 is 0 Å². The van der Waals surface area contributed by atoms with Gasteiger partial charge in [-0.3, -0.25) is 9.36 Å². The molecule has 2 aromatic heterocycles. The van der Waals surface area contributed by atoms with Crippen molar-refractivity contribution in [2.24, 2.45) is 7.05 Å².